The van der Waals surface area contributed by atoms with Crippen LogP contribution in [0.2, 0.25) is 0 Å². The van der Waals surface area contributed by atoms with Gasteiger partial charge >= 0.3 is 0 Å². The summed E-state index contributed by atoms with van der Waals surface area (Å²) >= 11 is 0. The minimum atomic E-state index is 0.867. The quantitative estimate of drug-likeness (QED) is 0.333. The lowest BCUT2D eigenvalue weighted by Crippen LogP contribution is -1.89. The van der Waals surface area contributed by atoms with E-state index in [1.165, 1.54) is 10.8 Å². The molecule has 0 saturated carbocycles. The van der Waals surface area contributed by atoms with E-state index in [9.17, 15) is 0 Å². The van der Waals surface area contributed by atoms with Gasteiger partial charge in [0.15, 0.2) is 0 Å². The lowest BCUT2D eigenvalue weighted by Gasteiger charge is -2.05. The van der Waals surface area contributed by atoms with Gasteiger partial charge < -0.3 is 4.42 Å². The predicted octanol–water partition coefficient (Wildman–Crippen LogP) is 6.86. The molecule has 6 rings (SSSR count). The summed E-state index contributed by atoms with van der Waals surface area (Å²) in [7, 11) is 0. The minimum Gasteiger partial charge on any atom is -0.456 e. The first-order chi connectivity index (χ1) is 14.3. The van der Waals surface area contributed by atoms with Crippen LogP contribution < -0.4 is 0 Å². The zero-order valence-corrected chi connectivity index (χ0v) is 15.5. The van der Waals surface area contributed by atoms with Gasteiger partial charge in [0.25, 0.3) is 0 Å². The molecular formula is C26H16N2O. The third-order valence-electron chi connectivity index (χ3n) is 5.31. The Morgan fingerprint density at radius 2 is 1.31 bits per heavy atom. The Kier molecular flexibility index (Phi) is 3.47. The van der Waals surface area contributed by atoms with Crippen LogP contribution in [0.15, 0.2) is 102 Å². The second-order valence-corrected chi connectivity index (χ2v) is 7.13. The first kappa shape index (κ1) is 16.0. The molecule has 0 aliphatic rings. The topological polar surface area (TPSA) is 38.9 Å². The average molecular weight is 372 g/mol. The van der Waals surface area contributed by atoms with Gasteiger partial charge in [-0.15, -0.1) is 0 Å². The highest BCUT2D eigenvalue weighted by Crippen LogP contribution is 2.34. The number of benzene rings is 3. The monoisotopic (exact) mass is 372 g/mol. The molecule has 3 heteroatoms. The summed E-state index contributed by atoms with van der Waals surface area (Å²) in [4.78, 5) is 9.26. The molecule has 3 nitrogen and oxygen atoms in total. The van der Waals surface area contributed by atoms with Gasteiger partial charge in [-0.1, -0.05) is 36.4 Å². The Balaban J connectivity index is 1.53. The zero-order valence-electron chi connectivity index (χ0n) is 15.5. The molecule has 6 aromatic rings. The number of hydrogen-bond acceptors (Lipinski definition) is 3. The van der Waals surface area contributed by atoms with Crippen molar-refractivity contribution in [3.63, 3.8) is 0 Å². The number of pyridine rings is 2. The van der Waals surface area contributed by atoms with Crippen LogP contribution in [0, 0.1) is 0 Å². The standard InChI is InChI=1S/C26H16N2O/c1-2-7-18-16-26-21(14-17(18)6-1)20-15-19(11-12-25(20)29-26)22-9-5-10-24(28-22)23-8-3-4-13-27-23/h1-16H. The largest absolute Gasteiger partial charge is 0.456 e. The highest BCUT2D eigenvalue weighted by atomic mass is 16.3. The van der Waals surface area contributed by atoms with Gasteiger partial charge in [0.2, 0.25) is 0 Å². The van der Waals surface area contributed by atoms with Crippen LogP contribution in [-0.2, 0) is 0 Å². The van der Waals surface area contributed by atoms with E-state index in [-0.39, 0.29) is 0 Å². The van der Waals surface area contributed by atoms with Gasteiger partial charge in [0.05, 0.1) is 17.1 Å². The molecule has 0 spiro atoms. The summed E-state index contributed by atoms with van der Waals surface area (Å²) < 4.78 is 6.11. The molecule has 0 unspecified atom stereocenters. The Labute approximate surface area is 167 Å². The van der Waals surface area contributed by atoms with Crippen molar-refractivity contribution in [2.24, 2.45) is 0 Å². The number of nitrogens with zero attached hydrogens (tertiary/aromatic N) is 2. The average Bonchev–Trinajstić information content (AvgIpc) is 3.15. The van der Waals surface area contributed by atoms with Crippen molar-refractivity contribution < 1.29 is 4.42 Å². The lowest BCUT2D eigenvalue weighted by molar-refractivity contribution is 0.669. The molecule has 0 bridgehead atoms. The van der Waals surface area contributed by atoms with Gasteiger partial charge in [0, 0.05) is 22.5 Å². The van der Waals surface area contributed by atoms with E-state index in [0.717, 1.165) is 44.6 Å². The summed E-state index contributed by atoms with van der Waals surface area (Å²) in [5, 5.41) is 4.63. The van der Waals surface area contributed by atoms with Crippen LogP contribution >= 0.6 is 0 Å². The van der Waals surface area contributed by atoms with Crippen molar-refractivity contribution in [2.75, 3.05) is 0 Å². The van der Waals surface area contributed by atoms with Gasteiger partial charge in [-0.3, -0.25) is 4.98 Å². The SMILES string of the molecule is c1ccc(-c2cccc(-c3ccc4oc5cc6ccccc6cc5c4c3)n2)nc1. The summed E-state index contributed by atoms with van der Waals surface area (Å²) in [6.45, 7) is 0. The fourth-order valence-electron chi connectivity index (χ4n) is 3.87. The molecule has 0 fully saturated rings. The van der Waals surface area contributed by atoms with E-state index in [1.807, 2.05) is 42.5 Å². The maximum atomic E-state index is 6.11. The predicted molar refractivity (Wildman–Crippen MR) is 118 cm³/mol. The highest BCUT2D eigenvalue weighted by Gasteiger charge is 2.11. The fraction of sp³-hybridized carbons (Fsp3) is 0. The fourth-order valence-corrected chi connectivity index (χ4v) is 3.87. The first-order valence-electron chi connectivity index (χ1n) is 9.59. The summed E-state index contributed by atoms with van der Waals surface area (Å²) in [5.41, 5.74) is 5.52. The molecule has 3 aromatic carbocycles. The van der Waals surface area contributed by atoms with Crippen molar-refractivity contribution in [3.8, 4) is 22.6 Å². The summed E-state index contributed by atoms with van der Waals surface area (Å²) in [6.07, 6.45) is 1.79. The summed E-state index contributed by atoms with van der Waals surface area (Å²) in [5.74, 6) is 0. The molecule has 0 N–H and O–H groups in total. The molecule has 0 aliphatic heterocycles. The van der Waals surface area contributed by atoms with Crippen molar-refractivity contribution >= 4 is 32.7 Å². The normalized spacial score (nSPS) is 11.4. The van der Waals surface area contributed by atoms with Crippen molar-refractivity contribution in [1.29, 1.82) is 0 Å². The maximum absolute atomic E-state index is 6.11. The molecule has 3 heterocycles. The van der Waals surface area contributed by atoms with Crippen LogP contribution in [-0.4, -0.2) is 9.97 Å². The third kappa shape index (κ3) is 2.67. The second kappa shape index (κ2) is 6.28. The first-order valence-corrected chi connectivity index (χ1v) is 9.59. The molecule has 3 aromatic heterocycles. The molecule has 0 radical (unpaired) electrons. The third-order valence-corrected chi connectivity index (χ3v) is 5.31. The van der Waals surface area contributed by atoms with Crippen molar-refractivity contribution in [3.05, 3.63) is 97.2 Å². The van der Waals surface area contributed by atoms with Gasteiger partial charge in [-0.25, -0.2) is 4.98 Å². The van der Waals surface area contributed by atoms with E-state index >= 15 is 0 Å². The van der Waals surface area contributed by atoms with Crippen LogP contribution in [0.3, 0.4) is 0 Å². The Morgan fingerprint density at radius 1 is 0.552 bits per heavy atom. The molecular weight excluding hydrogens is 356 g/mol. The number of fused-ring (bicyclic) bond motifs is 4. The Hall–Kier alpha value is -3.98. The molecule has 0 saturated heterocycles. The molecule has 0 aliphatic carbocycles. The van der Waals surface area contributed by atoms with Gasteiger partial charge in [-0.2, -0.15) is 0 Å². The van der Waals surface area contributed by atoms with Crippen molar-refractivity contribution in [1.82, 2.24) is 9.97 Å². The van der Waals surface area contributed by atoms with Gasteiger partial charge in [-0.05, 0) is 65.4 Å². The smallest absolute Gasteiger partial charge is 0.136 e. The van der Waals surface area contributed by atoms with Gasteiger partial charge in [0.1, 0.15) is 11.2 Å². The number of furan rings is 1. The number of aromatic nitrogens is 2. The maximum Gasteiger partial charge on any atom is 0.136 e. The molecule has 136 valence electrons. The Bertz CT molecular complexity index is 1500. The van der Waals surface area contributed by atoms with Crippen LogP contribution in [0.1, 0.15) is 0 Å². The lowest BCUT2D eigenvalue weighted by atomic mass is 10.0. The second-order valence-electron chi connectivity index (χ2n) is 7.13. The van der Waals surface area contributed by atoms with Crippen molar-refractivity contribution in [2.45, 2.75) is 0 Å². The van der Waals surface area contributed by atoms with E-state index in [0.29, 0.717) is 0 Å². The Morgan fingerprint density at radius 3 is 2.17 bits per heavy atom. The van der Waals surface area contributed by atoms with Crippen LogP contribution in [0.5, 0.6) is 0 Å². The minimum absolute atomic E-state index is 0.867. The summed E-state index contributed by atoms with van der Waals surface area (Å²) in [6, 6.07) is 30.9. The molecule has 0 amide bonds. The number of rotatable bonds is 2. The van der Waals surface area contributed by atoms with E-state index in [1.54, 1.807) is 6.20 Å². The molecule has 29 heavy (non-hydrogen) atoms. The van der Waals surface area contributed by atoms with E-state index < -0.39 is 0 Å². The van der Waals surface area contributed by atoms with Crippen LogP contribution in [0.25, 0.3) is 55.4 Å². The number of hydrogen-bond donors (Lipinski definition) is 0. The van der Waals surface area contributed by atoms with E-state index in [2.05, 4.69) is 53.5 Å². The highest BCUT2D eigenvalue weighted by molar-refractivity contribution is 6.10. The van der Waals surface area contributed by atoms with Crippen LogP contribution in [0.4, 0.5) is 0 Å². The molecule has 0 atom stereocenters. The zero-order chi connectivity index (χ0) is 19.2. The van der Waals surface area contributed by atoms with E-state index in [4.69, 9.17) is 9.40 Å².